The van der Waals surface area contributed by atoms with Gasteiger partial charge < -0.3 is 9.64 Å². The largest absolute Gasteiger partial charge is 0.378 e. The van der Waals surface area contributed by atoms with Gasteiger partial charge in [-0.25, -0.2) is 14.5 Å². The van der Waals surface area contributed by atoms with E-state index in [1.807, 2.05) is 37.3 Å². The highest BCUT2D eigenvalue weighted by Crippen LogP contribution is 2.39. The van der Waals surface area contributed by atoms with Crippen molar-refractivity contribution in [2.75, 3.05) is 31.2 Å². The van der Waals surface area contributed by atoms with Gasteiger partial charge in [-0.15, -0.1) is 11.3 Å². The van der Waals surface area contributed by atoms with Crippen molar-refractivity contribution in [1.29, 1.82) is 0 Å². The van der Waals surface area contributed by atoms with E-state index in [-0.39, 0.29) is 5.56 Å². The summed E-state index contributed by atoms with van der Waals surface area (Å²) in [5.74, 6) is 0.703. The van der Waals surface area contributed by atoms with Crippen LogP contribution in [0.4, 0.5) is 5.95 Å². The van der Waals surface area contributed by atoms with Crippen LogP contribution in [0.2, 0.25) is 0 Å². The standard InChI is InChI=1S/C24H24N4O2S/c1-15-19-21(20-17-9-5-6-10-18(17)31-22(20)25-15)26-24(27-11-13-30-14-12-27)28(23(19)29)16-7-3-2-4-8-16/h2-4,7-8H,5-6,9-14H2,1H3. The average molecular weight is 433 g/mol. The molecule has 158 valence electrons. The zero-order valence-electron chi connectivity index (χ0n) is 17.6. The third-order valence-corrected chi connectivity index (χ3v) is 7.58. The molecule has 1 aromatic carbocycles. The van der Waals surface area contributed by atoms with Crippen LogP contribution in [0.3, 0.4) is 0 Å². The first-order valence-corrected chi connectivity index (χ1v) is 11.8. The molecule has 0 radical (unpaired) electrons. The second kappa shape index (κ2) is 7.43. The Hall–Kier alpha value is -2.77. The molecule has 0 bridgehead atoms. The van der Waals surface area contributed by atoms with Crippen LogP contribution >= 0.6 is 11.3 Å². The molecular formula is C24H24N4O2S. The second-order valence-corrected chi connectivity index (χ2v) is 9.38. The molecule has 7 heteroatoms. The lowest BCUT2D eigenvalue weighted by molar-refractivity contribution is 0.122. The van der Waals surface area contributed by atoms with Crippen LogP contribution in [0.1, 0.15) is 29.0 Å². The van der Waals surface area contributed by atoms with Gasteiger partial charge in [0.25, 0.3) is 5.56 Å². The molecule has 4 heterocycles. The van der Waals surface area contributed by atoms with E-state index in [9.17, 15) is 4.79 Å². The van der Waals surface area contributed by atoms with E-state index in [4.69, 9.17) is 14.7 Å². The molecule has 31 heavy (non-hydrogen) atoms. The van der Waals surface area contributed by atoms with Crippen LogP contribution < -0.4 is 10.5 Å². The first-order valence-electron chi connectivity index (χ1n) is 11.0. The number of nitrogens with zero attached hydrogens (tertiary/aromatic N) is 4. The molecule has 0 unspecified atom stereocenters. The lowest BCUT2D eigenvalue weighted by Crippen LogP contribution is -2.40. The number of hydrogen-bond donors (Lipinski definition) is 0. The quantitative estimate of drug-likeness (QED) is 0.479. The normalized spacial score (nSPS) is 16.7. The number of pyridine rings is 1. The Bertz CT molecular complexity index is 1350. The molecule has 1 saturated heterocycles. The van der Waals surface area contributed by atoms with E-state index >= 15 is 0 Å². The van der Waals surface area contributed by atoms with Crippen molar-refractivity contribution >= 4 is 38.4 Å². The molecule has 0 N–H and O–H groups in total. The molecule has 6 rings (SSSR count). The summed E-state index contributed by atoms with van der Waals surface area (Å²) in [5, 5.41) is 1.74. The van der Waals surface area contributed by atoms with E-state index < -0.39 is 0 Å². The van der Waals surface area contributed by atoms with Gasteiger partial charge in [-0.3, -0.25) is 4.79 Å². The highest BCUT2D eigenvalue weighted by atomic mass is 32.1. The van der Waals surface area contributed by atoms with E-state index in [0.29, 0.717) is 24.5 Å². The first kappa shape index (κ1) is 19.0. The lowest BCUT2D eigenvalue weighted by atomic mass is 9.96. The van der Waals surface area contributed by atoms with E-state index in [1.165, 1.54) is 23.3 Å². The topological polar surface area (TPSA) is 60.2 Å². The minimum absolute atomic E-state index is 0.0413. The van der Waals surface area contributed by atoms with Crippen molar-refractivity contribution in [3.63, 3.8) is 0 Å². The molecule has 0 saturated carbocycles. The summed E-state index contributed by atoms with van der Waals surface area (Å²) < 4.78 is 7.33. The van der Waals surface area contributed by atoms with Gasteiger partial charge in [-0.2, -0.15) is 0 Å². The van der Waals surface area contributed by atoms with Crippen molar-refractivity contribution in [3.8, 4) is 5.69 Å². The molecule has 0 spiro atoms. The zero-order chi connectivity index (χ0) is 20.9. The van der Waals surface area contributed by atoms with Crippen LogP contribution in [0.5, 0.6) is 0 Å². The summed E-state index contributed by atoms with van der Waals surface area (Å²) in [5.41, 5.74) is 3.73. The Labute approximate surface area is 184 Å². The number of fused-ring (bicyclic) bond motifs is 5. The fourth-order valence-corrected chi connectivity index (χ4v) is 6.20. The Kier molecular flexibility index (Phi) is 4.54. The first-order chi connectivity index (χ1) is 15.2. The van der Waals surface area contributed by atoms with Gasteiger partial charge >= 0.3 is 0 Å². The van der Waals surface area contributed by atoms with Gasteiger partial charge in [0.2, 0.25) is 5.95 Å². The number of para-hydroxylation sites is 1. The minimum atomic E-state index is -0.0413. The summed E-state index contributed by atoms with van der Waals surface area (Å²) in [6.07, 6.45) is 4.56. The van der Waals surface area contributed by atoms with Gasteiger partial charge in [0.15, 0.2) is 0 Å². The Morgan fingerprint density at radius 2 is 1.77 bits per heavy atom. The van der Waals surface area contributed by atoms with Crippen LogP contribution in [-0.2, 0) is 17.6 Å². The van der Waals surface area contributed by atoms with Crippen LogP contribution in [-0.4, -0.2) is 40.8 Å². The summed E-state index contributed by atoms with van der Waals surface area (Å²) in [4.78, 5) is 28.7. The maximum absolute atomic E-state index is 14.0. The highest BCUT2D eigenvalue weighted by molar-refractivity contribution is 7.19. The highest BCUT2D eigenvalue weighted by Gasteiger charge is 2.26. The molecule has 1 fully saturated rings. The lowest BCUT2D eigenvalue weighted by Gasteiger charge is -2.30. The predicted molar refractivity (Wildman–Crippen MR) is 125 cm³/mol. The summed E-state index contributed by atoms with van der Waals surface area (Å²) >= 11 is 1.78. The van der Waals surface area contributed by atoms with E-state index in [1.54, 1.807) is 15.9 Å². The van der Waals surface area contributed by atoms with Crippen LogP contribution in [0, 0.1) is 6.92 Å². The molecule has 4 aromatic rings. The van der Waals surface area contributed by atoms with Crippen LogP contribution in [0.15, 0.2) is 35.1 Å². The molecule has 0 atom stereocenters. The maximum atomic E-state index is 14.0. The van der Waals surface area contributed by atoms with Gasteiger partial charge in [0.05, 0.1) is 35.5 Å². The molecule has 2 aliphatic rings. The van der Waals surface area contributed by atoms with Crippen LogP contribution in [0.25, 0.3) is 26.8 Å². The second-order valence-electron chi connectivity index (χ2n) is 8.30. The van der Waals surface area contributed by atoms with Gasteiger partial charge in [0, 0.05) is 23.4 Å². The SMILES string of the molecule is Cc1nc2sc3c(c2c2nc(N4CCOCC4)n(-c4ccccc4)c(=O)c12)CCCC3. The summed E-state index contributed by atoms with van der Waals surface area (Å²) in [6.45, 7) is 4.66. The molecule has 1 aliphatic heterocycles. The predicted octanol–water partition coefficient (Wildman–Crippen LogP) is 4.02. The number of thiophene rings is 1. The Morgan fingerprint density at radius 3 is 2.58 bits per heavy atom. The van der Waals surface area contributed by atoms with Crippen molar-refractivity contribution in [1.82, 2.24) is 14.5 Å². The Morgan fingerprint density at radius 1 is 1.00 bits per heavy atom. The van der Waals surface area contributed by atoms with Crippen molar-refractivity contribution < 1.29 is 4.74 Å². The van der Waals surface area contributed by atoms with Gasteiger partial charge in [-0.1, -0.05) is 18.2 Å². The fraction of sp³-hybridized carbons (Fsp3) is 0.375. The molecule has 0 amide bonds. The van der Waals surface area contributed by atoms with E-state index in [0.717, 1.165) is 53.0 Å². The number of hydrogen-bond acceptors (Lipinski definition) is 6. The molecule has 6 nitrogen and oxygen atoms in total. The smallest absolute Gasteiger partial charge is 0.269 e. The number of morpholine rings is 1. The van der Waals surface area contributed by atoms with Crippen molar-refractivity contribution in [3.05, 3.63) is 56.8 Å². The maximum Gasteiger partial charge on any atom is 0.269 e. The van der Waals surface area contributed by atoms with E-state index in [2.05, 4.69) is 4.90 Å². The average Bonchev–Trinajstić information content (AvgIpc) is 3.18. The molecule has 1 aliphatic carbocycles. The zero-order valence-corrected chi connectivity index (χ0v) is 18.4. The van der Waals surface area contributed by atoms with Crippen molar-refractivity contribution in [2.45, 2.75) is 32.6 Å². The van der Waals surface area contributed by atoms with Gasteiger partial charge in [-0.05, 0) is 50.3 Å². The molecular weight excluding hydrogens is 408 g/mol. The third-order valence-electron chi connectivity index (χ3n) is 6.39. The fourth-order valence-electron chi connectivity index (χ4n) is 4.88. The number of aromatic nitrogens is 3. The van der Waals surface area contributed by atoms with Crippen molar-refractivity contribution in [2.24, 2.45) is 0 Å². The summed E-state index contributed by atoms with van der Waals surface area (Å²) in [7, 11) is 0. The minimum Gasteiger partial charge on any atom is -0.378 e. The summed E-state index contributed by atoms with van der Waals surface area (Å²) in [6, 6.07) is 9.81. The van der Waals surface area contributed by atoms with Gasteiger partial charge in [0.1, 0.15) is 4.83 Å². The molecule has 3 aromatic heterocycles. The number of anilines is 1. The number of ether oxygens (including phenoxy) is 1. The third kappa shape index (κ3) is 2.98. The number of rotatable bonds is 2. The number of benzene rings is 1. The number of aryl methyl sites for hydroxylation is 3. The monoisotopic (exact) mass is 432 g/mol. The Balaban J connectivity index is 1.73.